The molecular weight excluding hydrogens is 260 g/mol. The molecule has 2 aromatic rings. The van der Waals surface area contributed by atoms with Gasteiger partial charge in [-0.1, -0.05) is 44.2 Å². The molecule has 0 bridgehead atoms. The fraction of sp³-hybridized carbons (Fsp3) is 0.500. The number of aryl methyl sites for hydroxylation is 3. The van der Waals surface area contributed by atoms with Crippen molar-refractivity contribution in [2.24, 2.45) is 0 Å². The molecule has 0 aliphatic heterocycles. The third-order valence-electron chi connectivity index (χ3n) is 4.01. The monoisotopic (exact) mass is 286 g/mol. The Bertz CT molecular complexity index is 546. The normalized spacial score (nSPS) is 11.0. The molecule has 3 heteroatoms. The standard InChI is InChI=1S/C18H26N2O/c1-3-17-16(14-21)18(4-2)20(19-17)13-9-8-12-15-10-6-5-7-11-15/h5-7,10-11,21H,3-4,8-9,12-14H2,1-2H3. The molecule has 0 atom stereocenters. The lowest BCUT2D eigenvalue weighted by Gasteiger charge is -2.07. The molecule has 114 valence electrons. The van der Waals surface area contributed by atoms with Gasteiger partial charge in [0.2, 0.25) is 0 Å². The van der Waals surface area contributed by atoms with Crippen molar-refractivity contribution in [1.82, 2.24) is 9.78 Å². The van der Waals surface area contributed by atoms with Gasteiger partial charge in [0.15, 0.2) is 0 Å². The van der Waals surface area contributed by atoms with E-state index in [1.807, 2.05) is 0 Å². The van der Waals surface area contributed by atoms with Crippen LogP contribution in [0.3, 0.4) is 0 Å². The average Bonchev–Trinajstić information content (AvgIpc) is 2.89. The Morgan fingerprint density at radius 2 is 1.81 bits per heavy atom. The molecule has 3 nitrogen and oxygen atoms in total. The molecule has 0 amide bonds. The minimum absolute atomic E-state index is 0.108. The van der Waals surface area contributed by atoms with Gasteiger partial charge in [-0.05, 0) is 37.7 Å². The zero-order valence-corrected chi connectivity index (χ0v) is 13.2. The van der Waals surface area contributed by atoms with Crippen LogP contribution in [0.15, 0.2) is 30.3 Å². The molecule has 0 saturated carbocycles. The molecule has 1 heterocycles. The summed E-state index contributed by atoms with van der Waals surface area (Å²) in [5.74, 6) is 0. The second-order valence-electron chi connectivity index (χ2n) is 5.40. The lowest BCUT2D eigenvalue weighted by molar-refractivity contribution is 0.279. The zero-order valence-electron chi connectivity index (χ0n) is 13.2. The van der Waals surface area contributed by atoms with Crippen molar-refractivity contribution in [3.05, 3.63) is 52.8 Å². The highest BCUT2D eigenvalue weighted by Crippen LogP contribution is 2.17. The van der Waals surface area contributed by atoms with E-state index in [1.54, 1.807) is 0 Å². The van der Waals surface area contributed by atoms with Crippen molar-refractivity contribution < 1.29 is 5.11 Å². The molecule has 21 heavy (non-hydrogen) atoms. The Kier molecular flexibility index (Phi) is 6.00. The minimum atomic E-state index is 0.108. The third-order valence-corrected chi connectivity index (χ3v) is 4.01. The van der Waals surface area contributed by atoms with Crippen LogP contribution in [0.25, 0.3) is 0 Å². The van der Waals surface area contributed by atoms with Crippen molar-refractivity contribution in [3.8, 4) is 0 Å². The first kappa shape index (κ1) is 15.8. The largest absolute Gasteiger partial charge is 0.392 e. The molecule has 0 saturated heterocycles. The molecule has 1 N–H and O–H groups in total. The molecule has 2 rings (SSSR count). The second-order valence-corrected chi connectivity index (χ2v) is 5.40. The van der Waals surface area contributed by atoms with Gasteiger partial charge in [0.1, 0.15) is 0 Å². The first-order chi connectivity index (χ1) is 10.3. The Labute approximate surface area is 127 Å². The van der Waals surface area contributed by atoms with E-state index in [-0.39, 0.29) is 6.61 Å². The highest BCUT2D eigenvalue weighted by molar-refractivity contribution is 5.26. The SMILES string of the molecule is CCc1nn(CCCCc2ccccc2)c(CC)c1CO. The molecule has 1 aromatic carbocycles. The second kappa shape index (κ2) is 7.99. The lowest BCUT2D eigenvalue weighted by atomic mass is 10.1. The van der Waals surface area contributed by atoms with E-state index >= 15 is 0 Å². The molecule has 0 fully saturated rings. The van der Waals surface area contributed by atoms with E-state index in [0.717, 1.165) is 43.5 Å². The van der Waals surface area contributed by atoms with Crippen LogP contribution in [-0.2, 0) is 32.4 Å². The summed E-state index contributed by atoms with van der Waals surface area (Å²) in [5.41, 5.74) is 4.70. The zero-order chi connectivity index (χ0) is 15.1. The van der Waals surface area contributed by atoms with E-state index in [0.29, 0.717) is 0 Å². The van der Waals surface area contributed by atoms with Crippen LogP contribution in [0.4, 0.5) is 0 Å². The van der Waals surface area contributed by atoms with E-state index < -0.39 is 0 Å². The van der Waals surface area contributed by atoms with Crippen LogP contribution in [0.5, 0.6) is 0 Å². The quantitative estimate of drug-likeness (QED) is 0.754. The van der Waals surface area contributed by atoms with Crippen molar-refractivity contribution >= 4 is 0 Å². The van der Waals surface area contributed by atoms with E-state index in [4.69, 9.17) is 0 Å². The van der Waals surface area contributed by atoms with Gasteiger partial charge in [-0.15, -0.1) is 0 Å². The summed E-state index contributed by atoms with van der Waals surface area (Å²) < 4.78 is 2.11. The van der Waals surface area contributed by atoms with E-state index in [1.165, 1.54) is 17.7 Å². The highest BCUT2D eigenvalue weighted by atomic mass is 16.3. The average molecular weight is 286 g/mol. The van der Waals surface area contributed by atoms with Gasteiger partial charge < -0.3 is 5.11 Å². The summed E-state index contributed by atoms with van der Waals surface area (Å²) >= 11 is 0. The lowest BCUT2D eigenvalue weighted by Crippen LogP contribution is -2.06. The van der Waals surface area contributed by atoms with E-state index in [9.17, 15) is 5.11 Å². The van der Waals surface area contributed by atoms with Crippen molar-refractivity contribution in [1.29, 1.82) is 0 Å². The van der Waals surface area contributed by atoms with Gasteiger partial charge in [0.05, 0.1) is 12.3 Å². The van der Waals surface area contributed by atoms with Gasteiger partial charge >= 0.3 is 0 Å². The molecule has 0 aliphatic carbocycles. The fourth-order valence-electron chi connectivity index (χ4n) is 2.87. The number of hydrogen-bond donors (Lipinski definition) is 1. The number of unbranched alkanes of at least 4 members (excludes halogenated alkanes) is 1. The number of aliphatic hydroxyl groups is 1. The van der Waals surface area contributed by atoms with Crippen molar-refractivity contribution in [2.75, 3.05) is 0 Å². The molecule has 1 aromatic heterocycles. The summed E-state index contributed by atoms with van der Waals surface area (Å²) in [6.45, 7) is 5.29. The van der Waals surface area contributed by atoms with Gasteiger partial charge in [-0.25, -0.2) is 0 Å². The molecular formula is C18H26N2O. The Morgan fingerprint density at radius 3 is 2.43 bits per heavy atom. The number of nitrogens with zero attached hydrogens (tertiary/aromatic N) is 2. The number of hydrogen-bond acceptors (Lipinski definition) is 2. The predicted octanol–water partition coefficient (Wildman–Crippen LogP) is 3.52. The van der Waals surface area contributed by atoms with Crippen LogP contribution in [0, 0.1) is 0 Å². The van der Waals surface area contributed by atoms with Crippen LogP contribution in [0.1, 0.15) is 49.2 Å². The smallest absolute Gasteiger partial charge is 0.0718 e. The molecule has 0 spiro atoms. The Balaban J connectivity index is 1.92. The topological polar surface area (TPSA) is 38.0 Å². The van der Waals surface area contributed by atoms with Crippen LogP contribution < -0.4 is 0 Å². The molecule has 0 aliphatic rings. The maximum atomic E-state index is 9.54. The Morgan fingerprint density at radius 1 is 1.05 bits per heavy atom. The first-order valence-corrected chi connectivity index (χ1v) is 8.02. The fourth-order valence-corrected chi connectivity index (χ4v) is 2.87. The maximum absolute atomic E-state index is 9.54. The summed E-state index contributed by atoms with van der Waals surface area (Å²) in [7, 11) is 0. The predicted molar refractivity (Wildman–Crippen MR) is 86.3 cm³/mol. The highest BCUT2D eigenvalue weighted by Gasteiger charge is 2.14. The van der Waals surface area contributed by atoms with Crippen molar-refractivity contribution in [3.63, 3.8) is 0 Å². The first-order valence-electron chi connectivity index (χ1n) is 8.02. The summed E-state index contributed by atoms with van der Waals surface area (Å²) in [6.07, 6.45) is 5.24. The summed E-state index contributed by atoms with van der Waals surface area (Å²) in [5, 5.41) is 14.2. The Hall–Kier alpha value is -1.61. The molecule has 0 unspecified atom stereocenters. The van der Waals surface area contributed by atoms with Crippen LogP contribution in [0.2, 0.25) is 0 Å². The van der Waals surface area contributed by atoms with Crippen molar-refractivity contribution in [2.45, 2.75) is 59.1 Å². The number of aliphatic hydroxyl groups excluding tert-OH is 1. The summed E-state index contributed by atoms with van der Waals surface area (Å²) in [4.78, 5) is 0. The van der Waals surface area contributed by atoms with Gasteiger partial charge in [0, 0.05) is 17.8 Å². The summed E-state index contributed by atoms with van der Waals surface area (Å²) in [6, 6.07) is 10.6. The minimum Gasteiger partial charge on any atom is -0.392 e. The third kappa shape index (κ3) is 3.94. The van der Waals surface area contributed by atoms with Gasteiger partial charge in [-0.2, -0.15) is 5.10 Å². The van der Waals surface area contributed by atoms with E-state index in [2.05, 4.69) is 54.0 Å². The molecule has 0 radical (unpaired) electrons. The van der Waals surface area contributed by atoms with Gasteiger partial charge in [0.25, 0.3) is 0 Å². The number of benzene rings is 1. The van der Waals surface area contributed by atoms with Gasteiger partial charge in [-0.3, -0.25) is 4.68 Å². The number of rotatable bonds is 8. The van der Waals surface area contributed by atoms with Crippen LogP contribution >= 0.6 is 0 Å². The maximum Gasteiger partial charge on any atom is 0.0718 e. The number of aromatic nitrogens is 2. The van der Waals surface area contributed by atoms with Crippen LogP contribution in [-0.4, -0.2) is 14.9 Å².